The first kappa shape index (κ1) is 22.0. The standard InChI is InChI=1S/C22H24BrNO6/c1-22(2,3)30-21(26)24-12-17(13-24)28-15-6-8-16(9-7-15)29-19-10-5-14(11-18(19)23)20(25)27-4/h5-11,17H,12-13H2,1-4H3. The molecule has 3 rings (SSSR count). The van der Waals surface area contributed by atoms with Crippen LogP contribution in [0.3, 0.4) is 0 Å². The van der Waals surface area contributed by atoms with Gasteiger partial charge in [-0.3, -0.25) is 0 Å². The number of carbonyl (C=O) groups is 2. The first-order chi connectivity index (χ1) is 14.1. The first-order valence-corrected chi connectivity index (χ1v) is 10.2. The minimum absolute atomic E-state index is 0.0655. The maximum absolute atomic E-state index is 12.0. The normalized spacial score (nSPS) is 14.0. The quantitative estimate of drug-likeness (QED) is 0.562. The van der Waals surface area contributed by atoms with E-state index < -0.39 is 11.6 Å². The van der Waals surface area contributed by atoms with E-state index in [0.717, 1.165) is 0 Å². The van der Waals surface area contributed by atoms with Crippen LogP contribution < -0.4 is 9.47 Å². The van der Waals surface area contributed by atoms with E-state index in [9.17, 15) is 9.59 Å². The minimum atomic E-state index is -0.506. The van der Waals surface area contributed by atoms with Crippen LogP contribution in [0.2, 0.25) is 0 Å². The molecule has 0 N–H and O–H groups in total. The number of esters is 1. The summed E-state index contributed by atoms with van der Waals surface area (Å²) in [7, 11) is 1.34. The van der Waals surface area contributed by atoms with Gasteiger partial charge in [0.25, 0.3) is 0 Å². The minimum Gasteiger partial charge on any atom is -0.487 e. The molecule has 8 heteroatoms. The summed E-state index contributed by atoms with van der Waals surface area (Å²) in [5, 5.41) is 0. The van der Waals surface area contributed by atoms with Crippen LogP contribution in [0.15, 0.2) is 46.9 Å². The molecular weight excluding hydrogens is 454 g/mol. The molecule has 0 saturated carbocycles. The van der Waals surface area contributed by atoms with Gasteiger partial charge in [0.15, 0.2) is 0 Å². The van der Waals surface area contributed by atoms with Crippen LogP contribution in [0.25, 0.3) is 0 Å². The van der Waals surface area contributed by atoms with Crippen molar-refractivity contribution in [2.45, 2.75) is 32.5 Å². The third kappa shape index (κ3) is 5.66. The highest BCUT2D eigenvalue weighted by Gasteiger charge is 2.35. The predicted molar refractivity (Wildman–Crippen MR) is 114 cm³/mol. The molecule has 0 spiro atoms. The fraction of sp³-hybridized carbons (Fsp3) is 0.364. The zero-order valence-electron chi connectivity index (χ0n) is 17.3. The number of benzene rings is 2. The SMILES string of the molecule is COC(=O)c1ccc(Oc2ccc(OC3CN(C(=O)OC(C)(C)C)C3)cc2)c(Br)c1. The van der Waals surface area contributed by atoms with Crippen LogP contribution >= 0.6 is 15.9 Å². The van der Waals surface area contributed by atoms with Crippen molar-refractivity contribution in [1.29, 1.82) is 0 Å². The smallest absolute Gasteiger partial charge is 0.410 e. The van der Waals surface area contributed by atoms with Crippen LogP contribution in [-0.4, -0.2) is 48.9 Å². The van der Waals surface area contributed by atoms with Crippen molar-refractivity contribution < 1.29 is 28.5 Å². The highest BCUT2D eigenvalue weighted by Crippen LogP contribution is 2.32. The van der Waals surface area contributed by atoms with Crippen molar-refractivity contribution in [3.05, 3.63) is 52.5 Å². The van der Waals surface area contributed by atoms with Crippen molar-refractivity contribution in [2.24, 2.45) is 0 Å². The molecule has 1 fully saturated rings. The van der Waals surface area contributed by atoms with Gasteiger partial charge in [-0.2, -0.15) is 0 Å². The summed E-state index contributed by atoms with van der Waals surface area (Å²) in [6.07, 6.45) is -0.390. The summed E-state index contributed by atoms with van der Waals surface area (Å²) < 4.78 is 22.4. The van der Waals surface area contributed by atoms with Gasteiger partial charge in [-0.25, -0.2) is 9.59 Å². The molecule has 1 amide bonds. The summed E-state index contributed by atoms with van der Waals surface area (Å²) in [4.78, 5) is 25.2. The Morgan fingerprint density at radius 2 is 1.67 bits per heavy atom. The molecule has 1 aliphatic heterocycles. The lowest BCUT2D eigenvalue weighted by Crippen LogP contribution is -2.57. The van der Waals surface area contributed by atoms with E-state index in [1.54, 1.807) is 35.2 Å². The van der Waals surface area contributed by atoms with E-state index in [4.69, 9.17) is 18.9 Å². The largest absolute Gasteiger partial charge is 0.487 e. The Labute approximate surface area is 184 Å². The lowest BCUT2D eigenvalue weighted by atomic mass is 10.1. The maximum Gasteiger partial charge on any atom is 0.410 e. The molecule has 1 aliphatic rings. The van der Waals surface area contributed by atoms with Crippen molar-refractivity contribution in [3.63, 3.8) is 0 Å². The van der Waals surface area contributed by atoms with Crippen molar-refractivity contribution >= 4 is 28.0 Å². The molecule has 0 bridgehead atoms. The van der Waals surface area contributed by atoms with Gasteiger partial charge in [0.05, 0.1) is 30.2 Å². The topological polar surface area (TPSA) is 74.3 Å². The second kappa shape index (κ2) is 8.95. The number of ether oxygens (including phenoxy) is 4. The van der Waals surface area contributed by atoms with Crippen molar-refractivity contribution in [1.82, 2.24) is 4.90 Å². The van der Waals surface area contributed by atoms with Gasteiger partial charge in [0.2, 0.25) is 0 Å². The van der Waals surface area contributed by atoms with E-state index in [1.807, 2.05) is 32.9 Å². The number of hydrogen-bond donors (Lipinski definition) is 0. The number of likely N-dealkylation sites (tertiary alicyclic amines) is 1. The molecule has 7 nitrogen and oxygen atoms in total. The van der Waals surface area contributed by atoms with Gasteiger partial charge in [-0.15, -0.1) is 0 Å². The molecule has 160 valence electrons. The zero-order valence-corrected chi connectivity index (χ0v) is 18.9. The second-order valence-corrected chi connectivity index (χ2v) is 8.69. The van der Waals surface area contributed by atoms with E-state index in [1.165, 1.54) is 7.11 Å². The Hall–Kier alpha value is -2.74. The maximum atomic E-state index is 12.0. The molecule has 2 aromatic rings. The van der Waals surface area contributed by atoms with Crippen molar-refractivity contribution in [2.75, 3.05) is 20.2 Å². The number of carbonyl (C=O) groups excluding carboxylic acids is 2. The lowest BCUT2D eigenvalue weighted by molar-refractivity contribution is -0.0221. The molecule has 2 aromatic carbocycles. The molecule has 1 saturated heterocycles. The number of amides is 1. The van der Waals surface area contributed by atoms with Crippen LogP contribution in [-0.2, 0) is 9.47 Å². The van der Waals surface area contributed by atoms with Crippen LogP contribution in [0.4, 0.5) is 4.79 Å². The Bertz CT molecular complexity index is 916. The van der Waals surface area contributed by atoms with Crippen LogP contribution in [0, 0.1) is 0 Å². The van der Waals surface area contributed by atoms with Gasteiger partial charge < -0.3 is 23.8 Å². The van der Waals surface area contributed by atoms with Gasteiger partial charge in [0, 0.05) is 0 Å². The van der Waals surface area contributed by atoms with E-state index in [-0.39, 0.29) is 12.2 Å². The number of halogens is 1. The molecule has 0 radical (unpaired) electrons. The number of hydrogen-bond acceptors (Lipinski definition) is 6. The third-order valence-corrected chi connectivity index (χ3v) is 4.83. The Balaban J connectivity index is 1.52. The summed E-state index contributed by atoms with van der Waals surface area (Å²) in [5.74, 6) is 1.47. The molecule has 1 heterocycles. The zero-order chi connectivity index (χ0) is 21.9. The fourth-order valence-corrected chi connectivity index (χ4v) is 3.18. The molecule has 0 unspecified atom stereocenters. The van der Waals surface area contributed by atoms with Gasteiger partial charge in [0.1, 0.15) is 29.0 Å². The summed E-state index contributed by atoms with van der Waals surface area (Å²) >= 11 is 3.40. The lowest BCUT2D eigenvalue weighted by Gasteiger charge is -2.39. The van der Waals surface area contributed by atoms with E-state index in [0.29, 0.717) is 40.4 Å². The average molecular weight is 478 g/mol. The average Bonchev–Trinajstić information content (AvgIpc) is 2.65. The fourth-order valence-electron chi connectivity index (χ4n) is 2.72. The van der Waals surface area contributed by atoms with Gasteiger partial charge >= 0.3 is 12.1 Å². The van der Waals surface area contributed by atoms with Gasteiger partial charge in [-0.1, -0.05) is 0 Å². The third-order valence-electron chi connectivity index (χ3n) is 4.21. The van der Waals surface area contributed by atoms with E-state index in [2.05, 4.69) is 15.9 Å². The summed E-state index contributed by atoms with van der Waals surface area (Å²) in [5.41, 5.74) is -0.0746. The van der Waals surface area contributed by atoms with Crippen molar-refractivity contribution in [3.8, 4) is 17.2 Å². The Morgan fingerprint density at radius 1 is 1.03 bits per heavy atom. The monoisotopic (exact) mass is 477 g/mol. The van der Waals surface area contributed by atoms with E-state index >= 15 is 0 Å². The summed E-state index contributed by atoms with van der Waals surface area (Å²) in [6, 6.07) is 12.2. The van der Waals surface area contributed by atoms with Gasteiger partial charge in [-0.05, 0) is 79.2 Å². The molecule has 0 atom stereocenters. The first-order valence-electron chi connectivity index (χ1n) is 9.45. The molecule has 30 heavy (non-hydrogen) atoms. The number of nitrogens with zero attached hydrogens (tertiary/aromatic N) is 1. The highest BCUT2D eigenvalue weighted by molar-refractivity contribution is 9.10. The molecule has 0 aromatic heterocycles. The predicted octanol–water partition coefficient (Wildman–Crippen LogP) is 5.03. The Kier molecular flexibility index (Phi) is 6.55. The second-order valence-electron chi connectivity index (χ2n) is 7.84. The summed E-state index contributed by atoms with van der Waals surface area (Å²) in [6.45, 7) is 6.51. The van der Waals surface area contributed by atoms with Crippen LogP contribution in [0.1, 0.15) is 31.1 Å². The highest BCUT2D eigenvalue weighted by atomic mass is 79.9. The van der Waals surface area contributed by atoms with Crippen LogP contribution in [0.5, 0.6) is 17.2 Å². The molecular formula is C22H24BrNO6. The number of rotatable bonds is 5. The Morgan fingerprint density at radius 3 is 2.23 bits per heavy atom. The number of methoxy groups -OCH3 is 1. The molecule has 0 aliphatic carbocycles.